The van der Waals surface area contributed by atoms with Gasteiger partial charge in [0.1, 0.15) is 12.1 Å². The first-order chi connectivity index (χ1) is 9.54. The Morgan fingerprint density at radius 1 is 1.20 bits per heavy atom. The molecule has 114 valence electrons. The number of hydrogen-bond donors (Lipinski definition) is 1. The van der Waals surface area contributed by atoms with Gasteiger partial charge in [-0.15, -0.1) is 0 Å². The lowest BCUT2D eigenvalue weighted by Gasteiger charge is -2.42. The smallest absolute Gasteiger partial charge is 0.246 e. The van der Waals surface area contributed by atoms with Crippen LogP contribution in [0, 0.1) is 11.8 Å². The zero-order valence-electron chi connectivity index (χ0n) is 13.0. The monoisotopic (exact) mass is 280 g/mol. The van der Waals surface area contributed by atoms with Crippen LogP contribution in [0.25, 0.3) is 0 Å². The van der Waals surface area contributed by atoms with Gasteiger partial charge < -0.3 is 10.2 Å². The standard InChI is InChI=1S/C16H28N2O2/c1-4-18-13(10-11(2)3)15(19)17-14(16(18)20)12-8-6-5-7-9-12/h11-14H,4-10H2,1-3H3,(H,17,19). The van der Waals surface area contributed by atoms with Crippen molar-refractivity contribution < 1.29 is 9.59 Å². The highest BCUT2D eigenvalue weighted by atomic mass is 16.2. The highest BCUT2D eigenvalue weighted by Gasteiger charge is 2.43. The molecule has 2 atom stereocenters. The molecular weight excluding hydrogens is 252 g/mol. The van der Waals surface area contributed by atoms with Crippen molar-refractivity contribution >= 4 is 11.8 Å². The second-order valence-electron chi connectivity index (χ2n) is 6.65. The quantitative estimate of drug-likeness (QED) is 0.859. The third-order valence-corrected chi connectivity index (χ3v) is 4.68. The van der Waals surface area contributed by atoms with Gasteiger partial charge in [0.05, 0.1) is 0 Å². The van der Waals surface area contributed by atoms with Gasteiger partial charge in [0.15, 0.2) is 0 Å². The second kappa shape index (κ2) is 6.59. The van der Waals surface area contributed by atoms with E-state index in [1.165, 1.54) is 19.3 Å². The predicted molar refractivity (Wildman–Crippen MR) is 79.1 cm³/mol. The molecule has 1 saturated carbocycles. The first-order valence-electron chi connectivity index (χ1n) is 8.15. The fourth-order valence-electron chi connectivity index (χ4n) is 3.63. The molecule has 2 unspecified atom stereocenters. The highest BCUT2D eigenvalue weighted by Crippen LogP contribution is 2.30. The Labute approximate surface area is 122 Å². The molecule has 0 bridgehead atoms. The minimum atomic E-state index is -0.272. The van der Waals surface area contributed by atoms with Gasteiger partial charge in [-0.3, -0.25) is 9.59 Å². The second-order valence-corrected chi connectivity index (χ2v) is 6.65. The van der Waals surface area contributed by atoms with Gasteiger partial charge in [0.25, 0.3) is 0 Å². The molecule has 2 rings (SSSR count). The van der Waals surface area contributed by atoms with E-state index in [1.54, 1.807) is 4.90 Å². The Kier molecular flexibility index (Phi) is 5.06. The number of carbonyl (C=O) groups is 2. The van der Waals surface area contributed by atoms with Gasteiger partial charge >= 0.3 is 0 Å². The van der Waals surface area contributed by atoms with Crippen molar-refractivity contribution in [2.24, 2.45) is 11.8 Å². The summed E-state index contributed by atoms with van der Waals surface area (Å²) in [6.45, 7) is 6.80. The van der Waals surface area contributed by atoms with Gasteiger partial charge in [0, 0.05) is 6.54 Å². The molecule has 0 aromatic rings. The number of nitrogens with one attached hydrogen (secondary N) is 1. The number of nitrogens with zero attached hydrogens (tertiary/aromatic N) is 1. The van der Waals surface area contributed by atoms with Crippen molar-refractivity contribution in [3.8, 4) is 0 Å². The molecule has 1 N–H and O–H groups in total. The van der Waals surface area contributed by atoms with Crippen LogP contribution in [0.15, 0.2) is 0 Å². The first kappa shape index (κ1) is 15.3. The Hall–Kier alpha value is -1.06. The minimum Gasteiger partial charge on any atom is -0.342 e. The number of rotatable bonds is 4. The number of carbonyl (C=O) groups excluding carboxylic acids is 2. The Morgan fingerprint density at radius 3 is 2.40 bits per heavy atom. The summed E-state index contributed by atoms with van der Waals surface area (Å²) in [5.74, 6) is 0.952. The number of piperazine rings is 1. The molecule has 2 fully saturated rings. The van der Waals surface area contributed by atoms with E-state index in [2.05, 4.69) is 19.2 Å². The summed E-state index contributed by atoms with van der Waals surface area (Å²) in [6, 6.07) is -0.543. The van der Waals surface area contributed by atoms with Crippen LogP contribution in [-0.2, 0) is 9.59 Å². The molecule has 1 saturated heterocycles. The van der Waals surface area contributed by atoms with Crippen LogP contribution in [0.1, 0.15) is 59.3 Å². The first-order valence-corrected chi connectivity index (χ1v) is 8.15. The maximum absolute atomic E-state index is 12.7. The summed E-state index contributed by atoms with van der Waals surface area (Å²) in [5, 5.41) is 3.03. The fraction of sp³-hybridized carbons (Fsp3) is 0.875. The molecular formula is C16H28N2O2. The molecule has 1 heterocycles. The van der Waals surface area contributed by atoms with Crippen molar-refractivity contribution in [1.82, 2.24) is 10.2 Å². The SMILES string of the molecule is CCN1C(=O)C(C2CCCCC2)NC(=O)C1CC(C)C. The van der Waals surface area contributed by atoms with Crippen LogP contribution >= 0.6 is 0 Å². The van der Waals surface area contributed by atoms with Gasteiger partial charge in [-0.1, -0.05) is 33.1 Å². The maximum Gasteiger partial charge on any atom is 0.246 e. The summed E-state index contributed by atoms with van der Waals surface area (Å²) in [6.07, 6.45) is 6.53. The van der Waals surface area contributed by atoms with E-state index in [1.807, 2.05) is 6.92 Å². The average Bonchev–Trinajstić information content (AvgIpc) is 2.43. The van der Waals surface area contributed by atoms with E-state index in [0.29, 0.717) is 18.4 Å². The molecule has 4 nitrogen and oxygen atoms in total. The molecule has 4 heteroatoms. The van der Waals surface area contributed by atoms with E-state index in [0.717, 1.165) is 19.3 Å². The van der Waals surface area contributed by atoms with Crippen molar-refractivity contribution in [1.29, 1.82) is 0 Å². The Balaban J connectivity index is 2.11. The molecule has 0 aromatic heterocycles. The molecule has 0 radical (unpaired) electrons. The van der Waals surface area contributed by atoms with Crippen LogP contribution < -0.4 is 5.32 Å². The van der Waals surface area contributed by atoms with Gasteiger partial charge in [-0.25, -0.2) is 0 Å². The molecule has 20 heavy (non-hydrogen) atoms. The molecule has 2 aliphatic rings. The lowest BCUT2D eigenvalue weighted by Crippen LogP contribution is -2.65. The molecule has 1 aliphatic heterocycles. The van der Waals surface area contributed by atoms with Crippen molar-refractivity contribution in [2.45, 2.75) is 71.4 Å². The van der Waals surface area contributed by atoms with Crippen molar-refractivity contribution in [3.63, 3.8) is 0 Å². The van der Waals surface area contributed by atoms with Crippen molar-refractivity contribution in [3.05, 3.63) is 0 Å². The summed E-state index contributed by atoms with van der Waals surface area (Å²) in [4.78, 5) is 26.9. The van der Waals surface area contributed by atoms with E-state index < -0.39 is 0 Å². The normalized spacial score (nSPS) is 28.9. The summed E-state index contributed by atoms with van der Waals surface area (Å²) in [5.41, 5.74) is 0. The van der Waals surface area contributed by atoms with Crippen LogP contribution in [-0.4, -0.2) is 35.3 Å². The van der Waals surface area contributed by atoms with E-state index in [9.17, 15) is 9.59 Å². The number of likely N-dealkylation sites (N-methyl/N-ethyl adjacent to an activating group) is 1. The Morgan fingerprint density at radius 2 is 1.85 bits per heavy atom. The summed E-state index contributed by atoms with van der Waals surface area (Å²) >= 11 is 0. The van der Waals surface area contributed by atoms with E-state index >= 15 is 0 Å². The average molecular weight is 280 g/mol. The summed E-state index contributed by atoms with van der Waals surface area (Å²) < 4.78 is 0. The maximum atomic E-state index is 12.7. The van der Waals surface area contributed by atoms with Gasteiger partial charge in [-0.05, 0) is 38.0 Å². The number of hydrogen-bond acceptors (Lipinski definition) is 2. The topological polar surface area (TPSA) is 49.4 Å². The lowest BCUT2D eigenvalue weighted by molar-refractivity contribution is -0.151. The van der Waals surface area contributed by atoms with Crippen LogP contribution in [0.4, 0.5) is 0 Å². The zero-order valence-corrected chi connectivity index (χ0v) is 13.0. The Bertz CT molecular complexity index is 361. The van der Waals surface area contributed by atoms with Crippen LogP contribution in [0.2, 0.25) is 0 Å². The fourth-order valence-corrected chi connectivity index (χ4v) is 3.63. The van der Waals surface area contributed by atoms with E-state index in [4.69, 9.17) is 0 Å². The zero-order chi connectivity index (χ0) is 14.7. The lowest BCUT2D eigenvalue weighted by atomic mass is 9.81. The van der Waals surface area contributed by atoms with Gasteiger partial charge in [-0.2, -0.15) is 0 Å². The minimum absolute atomic E-state index is 0.0516. The molecule has 0 aromatic carbocycles. The summed E-state index contributed by atoms with van der Waals surface area (Å²) in [7, 11) is 0. The van der Waals surface area contributed by atoms with Gasteiger partial charge in [0.2, 0.25) is 11.8 Å². The third kappa shape index (κ3) is 3.15. The van der Waals surface area contributed by atoms with Crippen LogP contribution in [0.3, 0.4) is 0 Å². The molecule has 1 aliphatic carbocycles. The largest absolute Gasteiger partial charge is 0.342 e. The third-order valence-electron chi connectivity index (χ3n) is 4.68. The number of amides is 2. The molecule has 2 amide bonds. The van der Waals surface area contributed by atoms with Crippen molar-refractivity contribution in [2.75, 3.05) is 6.54 Å². The molecule has 0 spiro atoms. The van der Waals surface area contributed by atoms with E-state index in [-0.39, 0.29) is 23.9 Å². The van der Waals surface area contributed by atoms with Crippen LogP contribution in [0.5, 0.6) is 0 Å². The highest BCUT2D eigenvalue weighted by molar-refractivity contribution is 5.97. The predicted octanol–water partition coefficient (Wildman–Crippen LogP) is 2.33.